The first-order valence-electron chi connectivity index (χ1n) is 5.95. The van der Waals surface area contributed by atoms with Crippen LogP contribution < -0.4 is 10.5 Å². The maximum absolute atomic E-state index is 8.93. The highest BCUT2D eigenvalue weighted by Crippen LogP contribution is 2.28. The number of aromatic nitrogens is 2. The zero-order chi connectivity index (χ0) is 13.9. The monoisotopic (exact) mass is 262 g/mol. The highest BCUT2D eigenvalue weighted by atomic mass is 16.5. The predicted octanol–water partition coefficient (Wildman–Crippen LogP) is 2.88. The average molecular weight is 262 g/mol. The van der Waals surface area contributed by atoms with Crippen LogP contribution in [0.15, 0.2) is 48.8 Å². The molecule has 2 heterocycles. The molecule has 2 aromatic heterocycles. The van der Waals surface area contributed by atoms with Crippen molar-refractivity contribution >= 4 is 16.6 Å². The lowest BCUT2D eigenvalue weighted by Gasteiger charge is -2.08. The molecule has 1 aromatic carbocycles. The molecule has 0 saturated carbocycles. The number of pyridine rings is 2. The van der Waals surface area contributed by atoms with Gasteiger partial charge < -0.3 is 10.5 Å². The Bertz CT molecular complexity index is 823. The maximum Gasteiger partial charge on any atom is 0.244 e. The van der Waals surface area contributed by atoms with Crippen molar-refractivity contribution in [3.63, 3.8) is 0 Å². The summed E-state index contributed by atoms with van der Waals surface area (Å²) < 4.78 is 5.63. The second-order valence-corrected chi connectivity index (χ2v) is 4.15. The number of ether oxygens (including phenoxy) is 1. The van der Waals surface area contributed by atoms with Gasteiger partial charge in [-0.15, -0.1) is 0 Å². The van der Waals surface area contributed by atoms with Gasteiger partial charge in [0, 0.05) is 23.8 Å². The molecule has 0 aliphatic carbocycles. The molecule has 0 aliphatic rings. The number of anilines is 1. The third-order valence-electron chi connectivity index (χ3n) is 2.87. The molecule has 0 amide bonds. The van der Waals surface area contributed by atoms with Crippen LogP contribution in [0.4, 0.5) is 5.69 Å². The first kappa shape index (κ1) is 11.9. The zero-order valence-corrected chi connectivity index (χ0v) is 10.4. The number of rotatable bonds is 2. The van der Waals surface area contributed by atoms with Crippen molar-refractivity contribution in [3.05, 3.63) is 54.4 Å². The van der Waals surface area contributed by atoms with Crippen molar-refractivity contribution in [3.8, 4) is 17.7 Å². The minimum Gasteiger partial charge on any atom is -0.437 e. The lowest BCUT2D eigenvalue weighted by Crippen LogP contribution is -1.97. The molecule has 5 nitrogen and oxygen atoms in total. The van der Waals surface area contributed by atoms with Crippen LogP contribution in [0.5, 0.6) is 11.6 Å². The van der Waals surface area contributed by atoms with Crippen LogP contribution in [0.1, 0.15) is 5.56 Å². The number of nitriles is 1. The SMILES string of the molecule is N#Cc1ccnc(Oc2ccc3cccnc3c2)c1N. The molecular formula is C15H10N4O. The van der Waals surface area contributed by atoms with Gasteiger partial charge in [-0.3, -0.25) is 4.98 Å². The van der Waals surface area contributed by atoms with Gasteiger partial charge in [-0.25, -0.2) is 4.98 Å². The fraction of sp³-hybridized carbons (Fsp3) is 0. The Hall–Kier alpha value is -3.13. The van der Waals surface area contributed by atoms with E-state index in [1.165, 1.54) is 6.20 Å². The molecule has 0 unspecified atom stereocenters. The first-order chi connectivity index (χ1) is 9.78. The number of hydrogen-bond acceptors (Lipinski definition) is 5. The lowest BCUT2D eigenvalue weighted by molar-refractivity contribution is 0.466. The van der Waals surface area contributed by atoms with Crippen LogP contribution in [0.2, 0.25) is 0 Å². The fourth-order valence-corrected chi connectivity index (χ4v) is 1.85. The molecule has 0 bridgehead atoms. The van der Waals surface area contributed by atoms with Crippen LogP contribution in [0, 0.1) is 11.3 Å². The van der Waals surface area contributed by atoms with E-state index in [0.717, 1.165) is 10.9 Å². The van der Waals surface area contributed by atoms with Crippen LogP contribution in [-0.4, -0.2) is 9.97 Å². The highest BCUT2D eigenvalue weighted by molar-refractivity contribution is 5.79. The second-order valence-electron chi connectivity index (χ2n) is 4.15. The highest BCUT2D eigenvalue weighted by Gasteiger charge is 2.08. The van der Waals surface area contributed by atoms with Crippen molar-refractivity contribution in [2.75, 3.05) is 5.73 Å². The van der Waals surface area contributed by atoms with E-state index in [9.17, 15) is 0 Å². The van der Waals surface area contributed by atoms with Gasteiger partial charge in [0.2, 0.25) is 5.88 Å². The van der Waals surface area contributed by atoms with Crippen LogP contribution >= 0.6 is 0 Å². The van der Waals surface area contributed by atoms with Crippen molar-refractivity contribution in [2.45, 2.75) is 0 Å². The van der Waals surface area contributed by atoms with Gasteiger partial charge in [-0.05, 0) is 24.3 Å². The molecule has 5 heteroatoms. The van der Waals surface area contributed by atoms with E-state index in [4.69, 9.17) is 15.7 Å². The summed E-state index contributed by atoms with van der Waals surface area (Å²) in [4.78, 5) is 8.30. The molecule has 0 radical (unpaired) electrons. The van der Waals surface area contributed by atoms with Gasteiger partial charge in [-0.2, -0.15) is 5.26 Å². The van der Waals surface area contributed by atoms with E-state index in [-0.39, 0.29) is 11.6 Å². The Morgan fingerprint density at radius 2 is 2.00 bits per heavy atom. The van der Waals surface area contributed by atoms with E-state index in [1.54, 1.807) is 18.3 Å². The van der Waals surface area contributed by atoms with Crippen molar-refractivity contribution in [1.29, 1.82) is 5.26 Å². The Labute approximate surface area is 115 Å². The quantitative estimate of drug-likeness (QED) is 0.767. The molecule has 0 atom stereocenters. The van der Waals surface area contributed by atoms with Gasteiger partial charge in [0.1, 0.15) is 17.5 Å². The number of nitrogen functional groups attached to an aromatic ring is 1. The molecule has 96 valence electrons. The van der Waals surface area contributed by atoms with Crippen molar-refractivity contribution < 1.29 is 4.74 Å². The average Bonchev–Trinajstić information content (AvgIpc) is 2.49. The molecule has 20 heavy (non-hydrogen) atoms. The predicted molar refractivity (Wildman–Crippen MR) is 75.2 cm³/mol. The van der Waals surface area contributed by atoms with Gasteiger partial charge in [-0.1, -0.05) is 6.07 Å². The van der Waals surface area contributed by atoms with Crippen LogP contribution in [0.25, 0.3) is 10.9 Å². The minimum atomic E-state index is 0.222. The van der Waals surface area contributed by atoms with Gasteiger partial charge in [0.05, 0.1) is 11.1 Å². The van der Waals surface area contributed by atoms with Gasteiger partial charge in [0.25, 0.3) is 0 Å². The normalized spacial score (nSPS) is 10.2. The molecule has 3 rings (SSSR count). The molecule has 0 fully saturated rings. The van der Waals surface area contributed by atoms with Crippen molar-refractivity contribution in [2.24, 2.45) is 0 Å². The summed E-state index contributed by atoms with van der Waals surface area (Å²) in [6, 6.07) is 12.9. The number of fused-ring (bicyclic) bond motifs is 1. The van der Waals surface area contributed by atoms with E-state index in [2.05, 4.69) is 9.97 Å². The van der Waals surface area contributed by atoms with Gasteiger partial charge >= 0.3 is 0 Å². The topological polar surface area (TPSA) is 84.8 Å². The molecule has 0 aliphatic heterocycles. The summed E-state index contributed by atoms with van der Waals surface area (Å²) in [7, 11) is 0. The standard InChI is InChI=1S/C15H10N4O/c16-9-11-5-7-19-15(14(11)17)20-12-4-3-10-2-1-6-18-13(10)8-12/h1-8H,17H2. The number of hydrogen-bond donors (Lipinski definition) is 1. The number of benzene rings is 1. The van der Waals surface area contributed by atoms with E-state index >= 15 is 0 Å². The summed E-state index contributed by atoms with van der Waals surface area (Å²) in [6.45, 7) is 0. The van der Waals surface area contributed by atoms with Gasteiger partial charge in [0.15, 0.2) is 0 Å². The molecule has 0 spiro atoms. The smallest absolute Gasteiger partial charge is 0.244 e. The number of nitrogens with zero attached hydrogens (tertiary/aromatic N) is 3. The third-order valence-corrected chi connectivity index (χ3v) is 2.87. The molecule has 3 aromatic rings. The second kappa shape index (κ2) is 4.86. The van der Waals surface area contributed by atoms with Crippen LogP contribution in [0.3, 0.4) is 0 Å². The largest absolute Gasteiger partial charge is 0.437 e. The Morgan fingerprint density at radius 3 is 2.85 bits per heavy atom. The Morgan fingerprint density at radius 1 is 1.10 bits per heavy atom. The third kappa shape index (κ3) is 2.10. The molecule has 2 N–H and O–H groups in total. The number of nitrogens with two attached hydrogens (primary N) is 1. The van der Waals surface area contributed by atoms with E-state index in [1.807, 2.05) is 30.3 Å². The minimum absolute atomic E-state index is 0.222. The van der Waals surface area contributed by atoms with E-state index in [0.29, 0.717) is 11.3 Å². The Balaban J connectivity index is 1.99. The van der Waals surface area contributed by atoms with Crippen LogP contribution in [-0.2, 0) is 0 Å². The molecular weight excluding hydrogens is 252 g/mol. The summed E-state index contributed by atoms with van der Waals surface area (Å²) in [5.74, 6) is 0.796. The fourth-order valence-electron chi connectivity index (χ4n) is 1.85. The Kier molecular flexibility index (Phi) is 2.90. The first-order valence-corrected chi connectivity index (χ1v) is 5.95. The summed E-state index contributed by atoms with van der Waals surface area (Å²) in [6.07, 6.45) is 3.21. The zero-order valence-electron chi connectivity index (χ0n) is 10.4. The summed E-state index contributed by atoms with van der Waals surface area (Å²) in [5, 5.41) is 9.95. The maximum atomic E-state index is 8.93. The lowest BCUT2D eigenvalue weighted by atomic mass is 10.2. The van der Waals surface area contributed by atoms with E-state index < -0.39 is 0 Å². The summed E-state index contributed by atoms with van der Waals surface area (Å²) in [5.41, 5.74) is 7.22. The van der Waals surface area contributed by atoms with Crippen molar-refractivity contribution in [1.82, 2.24) is 9.97 Å². The molecule has 0 saturated heterocycles. The summed E-state index contributed by atoms with van der Waals surface area (Å²) >= 11 is 0.